The van der Waals surface area contributed by atoms with E-state index in [2.05, 4.69) is 349 Å². The molecule has 702 valence electrons. The molecule has 0 fully saturated rings. The SMILES string of the molecule is c1ccc(-c2nc(-c3ccccc3)nc(-n3c4ccccc4c4c(-c5ccc6c(c5)c5ccccc5n6-c5ccccc5)cccc43)n2)cc1.c1ccc(-c2nc(-c3ccccc3)nc(-n3c4ccccc4c4cc(-c5ccc6c(c5)c5ccccc5n6-c5ccccc5)ccc43)n2)cc1.c1ccc(-c2nc(-c3ccccc3)nc(-n3c4ccccc4c4ccc(-c5ccc6c(c5)c5ccccc5n6-c5ccccn5)cc43)n2)cc1. The maximum Gasteiger partial charge on any atom is 0.238 e. The normalized spacial score (nSPS) is 11.6. The van der Waals surface area contributed by atoms with Crippen molar-refractivity contribution in [3.05, 3.63) is 522 Å². The van der Waals surface area contributed by atoms with E-state index in [1.165, 1.54) is 59.9 Å². The second kappa shape index (κ2) is 37.0. The van der Waals surface area contributed by atoms with Crippen LogP contribution in [0.15, 0.2) is 522 Å². The lowest BCUT2D eigenvalue weighted by molar-refractivity contribution is 0.953. The maximum absolute atomic E-state index is 5.12. The smallest absolute Gasteiger partial charge is 0.238 e. The number of hydrogen-bond acceptors (Lipinski definition) is 10. The standard InChI is InChI=1S/2C45H29N5.C44H28N6/c1-4-15-30(16-5-1)43-46-44(31-17-6-2-7-18-31)48-45(47-43)50-39-25-13-11-22-36(39)42-34(23-14-26-41(42)50)32-27-28-40-37(29-32)35-21-10-12-24-38(35)49(40)33-19-8-3-9-20-33;1-4-14-30(15-5-1)43-46-44(31-16-6-2-7-17-31)48-45(47-43)50-40-23-13-11-21-36(40)38-29-33(25-27-42(38)50)32-24-26-41-37(28-32)35-20-10-12-22-39(35)49(41)34-18-8-3-9-19-34;1-3-13-29(14-4-1)42-46-43(30-15-5-2-6-16-30)48-44(47-42)50-38-20-10-7-17-33(38)35-24-22-32(28-40(35)50)31-23-25-39-36(27-31)34-18-8-9-19-37(34)49(39)41-21-11-12-26-45-41/h2*1-29H;1-28H. The minimum absolute atomic E-state index is 0.579. The van der Waals surface area contributed by atoms with Gasteiger partial charge in [-0.3, -0.25) is 18.3 Å². The number of aromatic nitrogens is 16. The topological polar surface area (TPSA) is 158 Å². The molecule has 0 saturated carbocycles. The minimum Gasteiger partial charge on any atom is -0.309 e. The summed E-state index contributed by atoms with van der Waals surface area (Å²) in [5, 5.41) is 14.2. The van der Waals surface area contributed by atoms with E-state index in [-0.39, 0.29) is 0 Å². The molecule has 150 heavy (non-hydrogen) atoms. The van der Waals surface area contributed by atoms with Crippen LogP contribution in [0.4, 0.5) is 0 Å². The van der Waals surface area contributed by atoms with Crippen LogP contribution in [0.25, 0.3) is 268 Å². The van der Waals surface area contributed by atoms with Gasteiger partial charge < -0.3 is 9.13 Å². The fourth-order valence-electron chi connectivity index (χ4n) is 21.8. The highest BCUT2D eigenvalue weighted by Gasteiger charge is 2.27. The van der Waals surface area contributed by atoms with Gasteiger partial charge in [0.15, 0.2) is 34.9 Å². The Morgan fingerprint density at radius 3 is 0.747 bits per heavy atom. The number of fused-ring (bicyclic) bond motifs is 18. The number of pyridine rings is 1. The molecule has 0 atom stereocenters. The molecule has 10 heterocycles. The van der Waals surface area contributed by atoms with E-state index in [0.717, 1.165) is 155 Å². The molecule has 10 aromatic heterocycles. The Labute approximate surface area is 860 Å². The molecule has 16 heteroatoms. The number of benzene rings is 20. The molecule has 0 unspecified atom stereocenters. The molecule has 0 amide bonds. The lowest BCUT2D eigenvalue weighted by atomic mass is 9.98. The summed E-state index contributed by atoms with van der Waals surface area (Å²) in [6.07, 6.45) is 1.84. The van der Waals surface area contributed by atoms with Crippen molar-refractivity contribution >= 4 is 131 Å². The average molecular weight is 1920 g/mol. The summed E-state index contributed by atoms with van der Waals surface area (Å²) in [4.78, 5) is 50.1. The van der Waals surface area contributed by atoms with Gasteiger partial charge in [0.25, 0.3) is 0 Å². The predicted octanol–water partition coefficient (Wildman–Crippen LogP) is 32.6. The van der Waals surface area contributed by atoms with Crippen LogP contribution in [0, 0.1) is 0 Å². The van der Waals surface area contributed by atoms with Gasteiger partial charge in [0.2, 0.25) is 17.8 Å². The third-order valence-corrected chi connectivity index (χ3v) is 28.6. The number of nitrogens with zero attached hydrogens (tertiary/aromatic N) is 16. The van der Waals surface area contributed by atoms with Crippen LogP contribution < -0.4 is 0 Å². The number of hydrogen-bond donors (Lipinski definition) is 0. The van der Waals surface area contributed by atoms with Crippen LogP contribution in [-0.2, 0) is 0 Å². The van der Waals surface area contributed by atoms with Gasteiger partial charge in [-0.15, -0.1) is 0 Å². The van der Waals surface area contributed by atoms with E-state index in [4.69, 9.17) is 49.8 Å². The summed E-state index contributed by atoms with van der Waals surface area (Å²) in [5.41, 5.74) is 28.1. The first-order chi connectivity index (χ1) is 74.4. The van der Waals surface area contributed by atoms with Crippen molar-refractivity contribution in [2.45, 2.75) is 0 Å². The predicted molar refractivity (Wildman–Crippen MR) is 612 cm³/mol. The number of rotatable bonds is 15. The van der Waals surface area contributed by atoms with E-state index < -0.39 is 0 Å². The zero-order valence-electron chi connectivity index (χ0n) is 80.8. The fourth-order valence-corrected chi connectivity index (χ4v) is 21.8. The zero-order valence-corrected chi connectivity index (χ0v) is 80.8. The van der Waals surface area contributed by atoms with Crippen LogP contribution in [0.2, 0.25) is 0 Å². The van der Waals surface area contributed by atoms with Crippen LogP contribution in [0.3, 0.4) is 0 Å². The molecule has 30 aromatic rings. The van der Waals surface area contributed by atoms with Crippen molar-refractivity contribution in [1.82, 2.24) is 77.2 Å². The largest absolute Gasteiger partial charge is 0.309 e. The van der Waals surface area contributed by atoms with E-state index >= 15 is 0 Å². The zero-order chi connectivity index (χ0) is 99.1. The highest BCUT2D eigenvalue weighted by molar-refractivity contribution is 6.19. The van der Waals surface area contributed by atoms with Gasteiger partial charge in [-0.1, -0.05) is 382 Å². The Balaban J connectivity index is 0.000000108. The first kappa shape index (κ1) is 87.2. The molecule has 0 aliphatic heterocycles. The highest BCUT2D eigenvalue weighted by atomic mass is 15.2. The van der Waals surface area contributed by atoms with Crippen LogP contribution in [0.1, 0.15) is 0 Å². The second-order valence-electron chi connectivity index (χ2n) is 37.4. The molecule has 0 N–H and O–H groups in total. The summed E-state index contributed by atoms with van der Waals surface area (Å²) < 4.78 is 13.5. The third-order valence-electron chi connectivity index (χ3n) is 28.6. The van der Waals surface area contributed by atoms with Crippen LogP contribution in [-0.4, -0.2) is 77.2 Å². The molecular formula is C134H86N16. The Hall–Kier alpha value is -20.6. The average Bonchev–Trinajstić information content (AvgIpc) is 1.57. The Bertz CT molecular complexity index is 10100. The Kier molecular flexibility index (Phi) is 21.5. The fraction of sp³-hybridized carbons (Fsp3) is 0. The molecular weight excluding hydrogens is 1830 g/mol. The molecule has 0 saturated heterocycles. The second-order valence-corrected chi connectivity index (χ2v) is 37.4. The van der Waals surface area contributed by atoms with Crippen molar-refractivity contribution in [2.75, 3.05) is 0 Å². The van der Waals surface area contributed by atoms with Gasteiger partial charge >= 0.3 is 0 Å². The number of para-hydroxylation sites is 8. The highest BCUT2D eigenvalue weighted by Crippen LogP contribution is 2.46. The minimum atomic E-state index is 0.579. The molecule has 0 bridgehead atoms. The van der Waals surface area contributed by atoms with Gasteiger partial charge in [0.1, 0.15) is 5.82 Å². The summed E-state index contributed by atoms with van der Waals surface area (Å²) in [5.74, 6) is 6.47. The van der Waals surface area contributed by atoms with Gasteiger partial charge in [0.05, 0.1) is 66.2 Å². The monoisotopic (exact) mass is 1920 g/mol. The molecule has 0 spiro atoms. The van der Waals surface area contributed by atoms with Crippen LogP contribution in [0.5, 0.6) is 0 Å². The van der Waals surface area contributed by atoms with E-state index in [0.29, 0.717) is 52.8 Å². The van der Waals surface area contributed by atoms with E-state index in [1.807, 2.05) is 200 Å². The van der Waals surface area contributed by atoms with E-state index in [1.54, 1.807) is 0 Å². The Morgan fingerprint density at radius 1 is 0.133 bits per heavy atom. The summed E-state index contributed by atoms with van der Waals surface area (Å²) in [6, 6.07) is 180. The van der Waals surface area contributed by atoms with Crippen LogP contribution >= 0.6 is 0 Å². The lowest BCUT2D eigenvalue weighted by Gasteiger charge is -2.11. The van der Waals surface area contributed by atoms with Gasteiger partial charge in [-0.05, 0) is 167 Å². The van der Waals surface area contributed by atoms with Crippen molar-refractivity contribution < 1.29 is 0 Å². The molecule has 0 radical (unpaired) electrons. The summed E-state index contributed by atoms with van der Waals surface area (Å²) >= 11 is 0. The van der Waals surface area contributed by atoms with Crippen molar-refractivity contribution in [2.24, 2.45) is 0 Å². The van der Waals surface area contributed by atoms with Crippen molar-refractivity contribution in [3.63, 3.8) is 0 Å². The first-order valence-electron chi connectivity index (χ1n) is 50.3. The molecule has 0 aliphatic carbocycles. The quantitative estimate of drug-likeness (QED) is 0.0967. The molecule has 16 nitrogen and oxygen atoms in total. The molecule has 0 aliphatic rings. The molecule has 30 rings (SSSR count). The first-order valence-corrected chi connectivity index (χ1v) is 50.3. The van der Waals surface area contributed by atoms with E-state index in [9.17, 15) is 0 Å². The van der Waals surface area contributed by atoms with Gasteiger partial charge in [0, 0.05) is 116 Å². The molecule has 20 aromatic carbocycles. The Morgan fingerprint density at radius 2 is 0.380 bits per heavy atom. The summed E-state index contributed by atoms with van der Waals surface area (Å²) in [7, 11) is 0. The maximum atomic E-state index is 5.12. The summed E-state index contributed by atoms with van der Waals surface area (Å²) in [6.45, 7) is 0. The lowest BCUT2D eigenvalue weighted by Crippen LogP contribution is -2.06. The van der Waals surface area contributed by atoms with Crippen molar-refractivity contribution in [1.29, 1.82) is 0 Å². The third kappa shape index (κ3) is 15.3. The van der Waals surface area contributed by atoms with Gasteiger partial charge in [-0.25, -0.2) is 19.9 Å². The van der Waals surface area contributed by atoms with Gasteiger partial charge in [-0.2, -0.15) is 29.9 Å². The van der Waals surface area contributed by atoms with Crippen molar-refractivity contribution in [3.8, 4) is 137 Å².